The maximum atomic E-state index is 5.11. The molecule has 2 aromatic heterocycles. The van der Waals surface area contributed by atoms with Crippen LogP contribution in [-0.4, -0.2) is 58.9 Å². The third-order valence-corrected chi connectivity index (χ3v) is 3.89. The van der Waals surface area contributed by atoms with E-state index in [-0.39, 0.29) is 0 Å². The molecule has 1 atom stereocenters. The molecule has 1 saturated heterocycles. The zero-order chi connectivity index (χ0) is 14.7. The van der Waals surface area contributed by atoms with Crippen LogP contribution < -0.4 is 5.32 Å². The Hall–Kier alpha value is -1.66. The number of methoxy groups -OCH3 is 1. The number of hydrogen-bond acceptors (Lipinski definition) is 5. The van der Waals surface area contributed by atoms with E-state index in [2.05, 4.69) is 20.3 Å². The summed E-state index contributed by atoms with van der Waals surface area (Å²) in [6, 6.07) is 4.49. The van der Waals surface area contributed by atoms with Crippen molar-refractivity contribution in [1.82, 2.24) is 19.5 Å². The lowest BCUT2D eigenvalue weighted by Crippen LogP contribution is -2.27. The van der Waals surface area contributed by atoms with E-state index in [0.29, 0.717) is 6.04 Å². The van der Waals surface area contributed by atoms with Crippen molar-refractivity contribution in [2.75, 3.05) is 38.7 Å². The lowest BCUT2D eigenvalue weighted by Gasteiger charge is -2.16. The van der Waals surface area contributed by atoms with Gasteiger partial charge in [-0.1, -0.05) is 0 Å². The fourth-order valence-electron chi connectivity index (χ4n) is 2.87. The van der Waals surface area contributed by atoms with Crippen molar-refractivity contribution >= 4 is 11.5 Å². The molecule has 0 spiro atoms. The molecule has 0 bridgehead atoms. The molecule has 3 rings (SSSR count). The van der Waals surface area contributed by atoms with Crippen molar-refractivity contribution in [2.45, 2.75) is 25.8 Å². The van der Waals surface area contributed by atoms with E-state index in [1.54, 1.807) is 7.11 Å². The summed E-state index contributed by atoms with van der Waals surface area (Å²) < 4.78 is 6.94. The van der Waals surface area contributed by atoms with E-state index < -0.39 is 0 Å². The summed E-state index contributed by atoms with van der Waals surface area (Å²) in [4.78, 5) is 6.88. The van der Waals surface area contributed by atoms with E-state index in [9.17, 15) is 0 Å². The second-order valence-corrected chi connectivity index (χ2v) is 5.68. The summed E-state index contributed by atoms with van der Waals surface area (Å²) in [7, 11) is 1.76. The number of fused-ring (bicyclic) bond motifs is 1. The highest BCUT2D eigenvalue weighted by molar-refractivity contribution is 5.45. The van der Waals surface area contributed by atoms with Crippen molar-refractivity contribution in [2.24, 2.45) is 0 Å². The van der Waals surface area contributed by atoms with Crippen LogP contribution in [0.25, 0.3) is 5.65 Å². The highest BCUT2D eigenvalue weighted by atomic mass is 16.5. The Labute approximate surface area is 125 Å². The summed E-state index contributed by atoms with van der Waals surface area (Å²) in [5, 5.41) is 8.09. The average molecular weight is 289 g/mol. The van der Waals surface area contributed by atoms with Gasteiger partial charge in [0.05, 0.1) is 11.9 Å². The molecule has 6 nitrogen and oxygen atoms in total. The largest absolute Gasteiger partial charge is 0.385 e. The first-order valence-corrected chi connectivity index (χ1v) is 7.55. The quantitative estimate of drug-likeness (QED) is 0.818. The first kappa shape index (κ1) is 14.3. The number of ether oxygens (including phenoxy) is 1. The number of nitrogens with one attached hydrogen (secondary N) is 1. The van der Waals surface area contributed by atoms with Crippen molar-refractivity contribution in [3.8, 4) is 0 Å². The first-order valence-electron chi connectivity index (χ1n) is 7.55. The third kappa shape index (κ3) is 3.51. The normalized spacial score (nSPS) is 19.4. The minimum Gasteiger partial charge on any atom is -0.385 e. The number of hydrogen-bond donors (Lipinski definition) is 1. The smallest absolute Gasteiger partial charge is 0.153 e. The van der Waals surface area contributed by atoms with Gasteiger partial charge in [0.25, 0.3) is 0 Å². The zero-order valence-electron chi connectivity index (χ0n) is 12.7. The molecule has 3 heterocycles. The second-order valence-electron chi connectivity index (χ2n) is 5.68. The van der Waals surface area contributed by atoms with Crippen LogP contribution in [0.5, 0.6) is 0 Å². The summed E-state index contributed by atoms with van der Waals surface area (Å²) in [5.74, 6) is 0.920. The molecule has 0 saturated carbocycles. The molecule has 6 heteroatoms. The molecule has 1 aliphatic rings. The van der Waals surface area contributed by atoms with E-state index in [0.717, 1.165) is 56.2 Å². The standard InChI is InChI=1S/C15H23N5O/c1-12-10-20-15(16-12)5-4-14(18-20)17-13-6-8-19(11-13)7-3-9-21-2/h4-5,10,13H,3,6-9,11H2,1-2H3,(H,17,18)/t13-/m0/s1. The van der Waals surface area contributed by atoms with Gasteiger partial charge in [-0.05, 0) is 31.9 Å². The number of aryl methyl sites for hydroxylation is 1. The van der Waals surface area contributed by atoms with Gasteiger partial charge in [0.15, 0.2) is 5.65 Å². The SMILES string of the molecule is COCCCN1CC[C@H](Nc2ccc3nc(C)cn3n2)C1. The van der Waals surface area contributed by atoms with Gasteiger partial charge in [-0.3, -0.25) is 0 Å². The fourth-order valence-corrected chi connectivity index (χ4v) is 2.87. The van der Waals surface area contributed by atoms with E-state index in [1.807, 2.05) is 29.8 Å². The van der Waals surface area contributed by atoms with Crippen molar-refractivity contribution in [1.29, 1.82) is 0 Å². The number of imidazole rings is 1. The molecule has 0 aromatic carbocycles. The van der Waals surface area contributed by atoms with Crippen LogP contribution in [0.2, 0.25) is 0 Å². The molecule has 0 amide bonds. The van der Waals surface area contributed by atoms with Gasteiger partial charge in [0.2, 0.25) is 0 Å². The van der Waals surface area contributed by atoms with Gasteiger partial charge in [0.1, 0.15) is 5.82 Å². The molecule has 0 unspecified atom stereocenters. The Kier molecular flexibility index (Phi) is 4.36. The Morgan fingerprint density at radius 3 is 3.19 bits per heavy atom. The van der Waals surface area contributed by atoms with Crippen LogP contribution >= 0.6 is 0 Å². The molecule has 2 aromatic rings. The number of nitrogens with zero attached hydrogens (tertiary/aromatic N) is 4. The molecular formula is C15H23N5O. The van der Waals surface area contributed by atoms with Gasteiger partial charge in [-0.15, -0.1) is 5.10 Å². The van der Waals surface area contributed by atoms with Crippen LogP contribution in [0.15, 0.2) is 18.3 Å². The maximum absolute atomic E-state index is 5.11. The Morgan fingerprint density at radius 1 is 1.43 bits per heavy atom. The predicted octanol–water partition coefficient (Wildman–Crippen LogP) is 1.56. The second kappa shape index (κ2) is 6.41. The molecule has 1 aliphatic heterocycles. The number of aromatic nitrogens is 3. The lowest BCUT2D eigenvalue weighted by molar-refractivity contribution is 0.179. The predicted molar refractivity (Wildman–Crippen MR) is 82.7 cm³/mol. The zero-order valence-corrected chi connectivity index (χ0v) is 12.7. The van der Waals surface area contributed by atoms with Crippen molar-refractivity contribution in [3.05, 3.63) is 24.0 Å². The minimum atomic E-state index is 0.474. The summed E-state index contributed by atoms with van der Waals surface area (Å²) in [6.07, 6.45) is 4.21. The first-order chi connectivity index (χ1) is 10.2. The monoisotopic (exact) mass is 289 g/mol. The Balaban J connectivity index is 1.56. The minimum absolute atomic E-state index is 0.474. The summed E-state index contributed by atoms with van der Waals surface area (Å²) in [5.41, 5.74) is 1.88. The molecule has 21 heavy (non-hydrogen) atoms. The molecule has 0 aliphatic carbocycles. The topological polar surface area (TPSA) is 54.7 Å². The fraction of sp³-hybridized carbons (Fsp3) is 0.600. The van der Waals surface area contributed by atoms with Gasteiger partial charge >= 0.3 is 0 Å². The number of likely N-dealkylation sites (tertiary alicyclic amines) is 1. The Morgan fingerprint density at radius 2 is 2.33 bits per heavy atom. The maximum Gasteiger partial charge on any atom is 0.153 e. The van der Waals surface area contributed by atoms with E-state index >= 15 is 0 Å². The van der Waals surface area contributed by atoms with Gasteiger partial charge < -0.3 is 15.0 Å². The molecular weight excluding hydrogens is 266 g/mol. The van der Waals surface area contributed by atoms with Crippen LogP contribution in [0.3, 0.4) is 0 Å². The van der Waals surface area contributed by atoms with Crippen LogP contribution in [0, 0.1) is 6.92 Å². The highest BCUT2D eigenvalue weighted by Crippen LogP contribution is 2.15. The lowest BCUT2D eigenvalue weighted by atomic mass is 10.2. The van der Waals surface area contributed by atoms with Crippen molar-refractivity contribution < 1.29 is 4.74 Å². The Bertz CT molecular complexity index is 597. The van der Waals surface area contributed by atoms with Crippen LogP contribution in [0.1, 0.15) is 18.5 Å². The third-order valence-electron chi connectivity index (χ3n) is 3.89. The highest BCUT2D eigenvalue weighted by Gasteiger charge is 2.22. The van der Waals surface area contributed by atoms with Gasteiger partial charge in [-0.25, -0.2) is 9.50 Å². The van der Waals surface area contributed by atoms with E-state index in [4.69, 9.17) is 4.74 Å². The number of anilines is 1. The van der Waals surface area contributed by atoms with Crippen LogP contribution in [0.4, 0.5) is 5.82 Å². The molecule has 1 N–H and O–H groups in total. The van der Waals surface area contributed by atoms with Crippen LogP contribution in [-0.2, 0) is 4.74 Å². The number of rotatable bonds is 6. The molecule has 1 fully saturated rings. The van der Waals surface area contributed by atoms with E-state index in [1.165, 1.54) is 0 Å². The average Bonchev–Trinajstić information content (AvgIpc) is 3.04. The van der Waals surface area contributed by atoms with Crippen molar-refractivity contribution in [3.63, 3.8) is 0 Å². The summed E-state index contributed by atoms with van der Waals surface area (Å²) >= 11 is 0. The summed E-state index contributed by atoms with van der Waals surface area (Å²) in [6.45, 7) is 6.16. The van der Waals surface area contributed by atoms with Gasteiger partial charge in [-0.2, -0.15) is 0 Å². The van der Waals surface area contributed by atoms with Gasteiger partial charge in [0, 0.05) is 39.4 Å². The molecule has 114 valence electrons. The molecule has 0 radical (unpaired) electrons.